The van der Waals surface area contributed by atoms with Crippen LogP contribution in [0.4, 0.5) is 0 Å². The molecule has 23 heavy (non-hydrogen) atoms. The van der Waals surface area contributed by atoms with E-state index >= 15 is 0 Å². The van der Waals surface area contributed by atoms with Gasteiger partial charge in [0.2, 0.25) is 11.8 Å². The predicted molar refractivity (Wildman–Crippen MR) is 95.6 cm³/mol. The van der Waals surface area contributed by atoms with Crippen LogP contribution in [-0.4, -0.2) is 83.8 Å². The SMILES string of the molecule is C=CCN1CC[C@@]2(CCC1=O)CN(C(=O)CCSC)CCN2C. The van der Waals surface area contributed by atoms with E-state index in [-0.39, 0.29) is 17.4 Å². The molecule has 0 unspecified atom stereocenters. The summed E-state index contributed by atoms with van der Waals surface area (Å²) in [5, 5.41) is 0. The van der Waals surface area contributed by atoms with Crippen LogP contribution in [0.2, 0.25) is 0 Å². The summed E-state index contributed by atoms with van der Waals surface area (Å²) in [6, 6.07) is 0. The van der Waals surface area contributed by atoms with Crippen molar-refractivity contribution in [3.8, 4) is 0 Å². The molecule has 0 radical (unpaired) electrons. The minimum absolute atomic E-state index is 0.0567. The third-order valence-electron chi connectivity index (χ3n) is 5.23. The molecular formula is C17H29N3O2S. The van der Waals surface area contributed by atoms with Crippen molar-refractivity contribution in [1.29, 1.82) is 0 Å². The Morgan fingerprint density at radius 3 is 2.83 bits per heavy atom. The first kappa shape index (κ1) is 18.3. The Morgan fingerprint density at radius 2 is 2.13 bits per heavy atom. The van der Waals surface area contributed by atoms with Crippen LogP contribution in [-0.2, 0) is 9.59 Å². The maximum Gasteiger partial charge on any atom is 0.223 e. The smallest absolute Gasteiger partial charge is 0.223 e. The van der Waals surface area contributed by atoms with Crippen molar-refractivity contribution >= 4 is 23.6 Å². The van der Waals surface area contributed by atoms with Crippen molar-refractivity contribution in [1.82, 2.24) is 14.7 Å². The highest BCUT2D eigenvalue weighted by Gasteiger charge is 2.43. The van der Waals surface area contributed by atoms with Gasteiger partial charge in [-0.15, -0.1) is 6.58 Å². The van der Waals surface area contributed by atoms with Crippen molar-refractivity contribution in [3.63, 3.8) is 0 Å². The summed E-state index contributed by atoms with van der Waals surface area (Å²) >= 11 is 1.71. The van der Waals surface area contributed by atoms with Crippen LogP contribution in [0.5, 0.6) is 0 Å². The van der Waals surface area contributed by atoms with E-state index in [4.69, 9.17) is 0 Å². The molecule has 2 aliphatic rings. The maximum atomic E-state index is 12.4. The van der Waals surface area contributed by atoms with Crippen molar-refractivity contribution < 1.29 is 9.59 Å². The van der Waals surface area contributed by atoms with Crippen LogP contribution in [0.1, 0.15) is 25.7 Å². The zero-order valence-corrected chi connectivity index (χ0v) is 15.2. The summed E-state index contributed by atoms with van der Waals surface area (Å²) in [4.78, 5) is 31.0. The number of piperazine rings is 1. The van der Waals surface area contributed by atoms with Crippen molar-refractivity contribution in [2.45, 2.75) is 31.2 Å². The molecule has 0 bridgehead atoms. The summed E-state index contributed by atoms with van der Waals surface area (Å²) in [7, 11) is 2.14. The molecule has 0 aromatic rings. The Bertz CT molecular complexity index is 457. The molecular weight excluding hydrogens is 310 g/mol. The van der Waals surface area contributed by atoms with Gasteiger partial charge in [0.05, 0.1) is 0 Å². The van der Waals surface area contributed by atoms with E-state index in [2.05, 4.69) is 18.5 Å². The zero-order chi connectivity index (χ0) is 16.9. The standard InChI is InChI=1S/C17H29N3O2S/c1-4-9-19-10-8-17(7-5-15(19)21)14-20(12-11-18(17)2)16(22)6-13-23-3/h4H,1,5-14H2,2-3H3/t17-/m0/s1. The fourth-order valence-corrected chi connectivity index (χ4v) is 3.98. The van der Waals surface area contributed by atoms with Gasteiger partial charge < -0.3 is 9.80 Å². The van der Waals surface area contributed by atoms with Gasteiger partial charge in [-0.2, -0.15) is 11.8 Å². The number of carbonyl (C=O) groups is 2. The van der Waals surface area contributed by atoms with E-state index in [0.717, 1.165) is 44.8 Å². The number of hydrogen-bond donors (Lipinski definition) is 0. The van der Waals surface area contributed by atoms with Gasteiger partial charge in [0.15, 0.2) is 0 Å². The summed E-state index contributed by atoms with van der Waals surface area (Å²) in [5.41, 5.74) is -0.0567. The zero-order valence-electron chi connectivity index (χ0n) is 14.4. The lowest BCUT2D eigenvalue weighted by Gasteiger charge is -2.49. The van der Waals surface area contributed by atoms with Crippen LogP contribution in [0.15, 0.2) is 12.7 Å². The Morgan fingerprint density at radius 1 is 1.35 bits per heavy atom. The molecule has 0 aromatic carbocycles. The fraction of sp³-hybridized carbons (Fsp3) is 0.765. The molecule has 2 heterocycles. The first-order valence-electron chi connectivity index (χ1n) is 8.39. The molecule has 0 aliphatic carbocycles. The lowest BCUT2D eigenvalue weighted by molar-refractivity contribution is -0.136. The second kappa shape index (κ2) is 8.20. The maximum absolute atomic E-state index is 12.4. The number of hydrogen-bond acceptors (Lipinski definition) is 4. The quantitative estimate of drug-likeness (QED) is 0.711. The molecule has 5 nitrogen and oxygen atoms in total. The van der Waals surface area contributed by atoms with Crippen LogP contribution >= 0.6 is 11.8 Å². The van der Waals surface area contributed by atoms with E-state index in [1.165, 1.54) is 0 Å². The largest absolute Gasteiger partial charge is 0.340 e. The third kappa shape index (κ3) is 4.29. The first-order valence-corrected chi connectivity index (χ1v) is 9.78. The molecule has 1 spiro atoms. The number of nitrogens with zero attached hydrogens (tertiary/aromatic N) is 3. The van der Waals surface area contributed by atoms with Crippen molar-refractivity contribution in [2.24, 2.45) is 0 Å². The molecule has 2 amide bonds. The Labute approximate surface area is 144 Å². The van der Waals surface area contributed by atoms with Gasteiger partial charge in [0.25, 0.3) is 0 Å². The third-order valence-corrected chi connectivity index (χ3v) is 5.84. The van der Waals surface area contributed by atoms with Crippen LogP contribution in [0, 0.1) is 0 Å². The second-order valence-electron chi connectivity index (χ2n) is 6.58. The van der Waals surface area contributed by atoms with E-state index in [0.29, 0.717) is 19.4 Å². The Kier molecular flexibility index (Phi) is 6.53. The molecule has 0 aromatic heterocycles. The van der Waals surface area contributed by atoms with Crippen LogP contribution < -0.4 is 0 Å². The van der Waals surface area contributed by atoms with Gasteiger partial charge in [-0.3, -0.25) is 14.5 Å². The first-order chi connectivity index (χ1) is 11.0. The van der Waals surface area contributed by atoms with Gasteiger partial charge in [-0.1, -0.05) is 6.08 Å². The van der Waals surface area contributed by atoms with Crippen LogP contribution in [0.3, 0.4) is 0 Å². The van der Waals surface area contributed by atoms with Gasteiger partial charge in [0.1, 0.15) is 0 Å². The topological polar surface area (TPSA) is 43.9 Å². The summed E-state index contributed by atoms with van der Waals surface area (Å²) in [6.45, 7) is 7.56. The van der Waals surface area contributed by atoms with Gasteiger partial charge in [-0.05, 0) is 26.1 Å². The number of thioether (sulfide) groups is 1. The van der Waals surface area contributed by atoms with Crippen molar-refractivity contribution in [3.05, 3.63) is 12.7 Å². The number of amides is 2. The highest BCUT2D eigenvalue weighted by Crippen LogP contribution is 2.32. The summed E-state index contributed by atoms with van der Waals surface area (Å²) in [5.74, 6) is 1.34. The van der Waals surface area contributed by atoms with Gasteiger partial charge in [-0.25, -0.2) is 0 Å². The molecule has 0 N–H and O–H groups in total. The average Bonchev–Trinajstić information content (AvgIpc) is 2.70. The second-order valence-corrected chi connectivity index (χ2v) is 7.57. The monoisotopic (exact) mass is 339 g/mol. The molecule has 2 fully saturated rings. The lowest BCUT2D eigenvalue weighted by Crippen LogP contribution is -2.62. The minimum atomic E-state index is -0.0567. The normalized spacial score (nSPS) is 26.4. The molecule has 2 saturated heterocycles. The van der Waals surface area contributed by atoms with E-state index in [9.17, 15) is 9.59 Å². The molecule has 2 rings (SSSR count). The number of carbonyl (C=O) groups excluding carboxylic acids is 2. The number of likely N-dealkylation sites (N-methyl/N-ethyl adjacent to an activating group) is 1. The molecule has 0 saturated carbocycles. The number of likely N-dealkylation sites (tertiary alicyclic amines) is 1. The van der Waals surface area contributed by atoms with E-state index in [1.807, 2.05) is 16.1 Å². The summed E-state index contributed by atoms with van der Waals surface area (Å²) in [6.07, 6.45) is 6.76. The summed E-state index contributed by atoms with van der Waals surface area (Å²) < 4.78 is 0. The molecule has 130 valence electrons. The fourth-order valence-electron chi connectivity index (χ4n) is 3.60. The van der Waals surface area contributed by atoms with Gasteiger partial charge in [0, 0.05) is 56.9 Å². The predicted octanol–water partition coefficient (Wildman–Crippen LogP) is 1.45. The Balaban J connectivity index is 2.07. The number of rotatable bonds is 5. The van der Waals surface area contributed by atoms with E-state index < -0.39 is 0 Å². The molecule has 6 heteroatoms. The van der Waals surface area contributed by atoms with Crippen LogP contribution in [0.25, 0.3) is 0 Å². The highest BCUT2D eigenvalue weighted by atomic mass is 32.2. The molecule has 2 aliphatic heterocycles. The average molecular weight is 340 g/mol. The minimum Gasteiger partial charge on any atom is -0.340 e. The van der Waals surface area contributed by atoms with Crippen molar-refractivity contribution in [2.75, 3.05) is 51.8 Å². The Hall–Kier alpha value is -1.01. The molecule has 1 atom stereocenters. The van der Waals surface area contributed by atoms with E-state index in [1.54, 1.807) is 17.8 Å². The lowest BCUT2D eigenvalue weighted by atomic mass is 9.86. The van der Waals surface area contributed by atoms with Gasteiger partial charge >= 0.3 is 0 Å². The highest BCUT2D eigenvalue weighted by molar-refractivity contribution is 7.98.